The lowest BCUT2D eigenvalue weighted by Gasteiger charge is -2.44. The molecule has 1 aromatic heterocycles. The molecule has 1 saturated carbocycles. The Kier molecular flexibility index (Phi) is 5.56. The lowest BCUT2D eigenvalue weighted by Crippen LogP contribution is -2.49. The SMILES string of the molecule is CC(CC(=O)N1CCCC2CCCCC21)c1c[nH]c2cccc(-c3ccc(F)cc3)c12. The van der Waals surface area contributed by atoms with E-state index in [0.29, 0.717) is 24.3 Å². The highest BCUT2D eigenvalue weighted by molar-refractivity contribution is 5.98. The Labute approximate surface area is 183 Å². The van der Waals surface area contributed by atoms with E-state index < -0.39 is 0 Å². The third kappa shape index (κ3) is 3.88. The van der Waals surface area contributed by atoms with Crippen molar-refractivity contribution in [3.05, 3.63) is 60.0 Å². The molecule has 1 amide bonds. The highest BCUT2D eigenvalue weighted by Gasteiger charge is 2.36. The largest absolute Gasteiger partial charge is 0.361 e. The Morgan fingerprint density at radius 3 is 2.71 bits per heavy atom. The number of nitrogens with zero attached hydrogens (tertiary/aromatic N) is 1. The molecular formula is C27H31FN2O. The van der Waals surface area contributed by atoms with Gasteiger partial charge in [0.15, 0.2) is 0 Å². The molecule has 2 aromatic carbocycles. The number of fused-ring (bicyclic) bond motifs is 2. The number of aromatic amines is 1. The smallest absolute Gasteiger partial charge is 0.223 e. The fourth-order valence-corrected chi connectivity index (χ4v) is 5.89. The first-order valence-corrected chi connectivity index (χ1v) is 11.8. The zero-order valence-corrected chi connectivity index (χ0v) is 18.2. The predicted molar refractivity (Wildman–Crippen MR) is 123 cm³/mol. The fourth-order valence-electron chi connectivity index (χ4n) is 5.89. The van der Waals surface area contributed by atoms with Gasteiger partial charge in [-0.15, -0.1) is 0 Å². The van der Waals surface area contributed by atoms with Gasteiger partial charge in [-0.05, 0) is 72.4 Å². The molecule has 5 rings (SSSR count). The van der Waals surface area contributed by atoms with Gasteiger partial charge in [-0.3, -0.25) is 4.79 Å². The molecular weight excluding hydrogens is 387 g/mol. The van der Waals surface area contributed by atoms with Gasteiger partial charge in [0.2, 0.25) is 5.91 Å². The van der Waals surface area contributed by atoms with Crippen LogP contribution in [0.2, 0.25) is 0 Å². The second-order valence-corrected chi connectivity index (χ2v) is 9.43. The maximum absolute atomic E-state index is 13.5. The second-order valence-electron chi connectivity index (χ2n) is 9.43. The van der Waals surface area contributed by atoms with Crippen LogP contribution < -0.4 is 0 Å². The minimum absolute atomic E-state index is 0.117. The normalized spacial score (nSPS) is 22.3. The Bertz CT molecular complexity index is 1070. The number of benzene rings is 2. The lowest BCUT2D eigenvalue weighted by atomic mass is 9.78. The molecule has 1 N–H and O–H groups in total. The summed E-state index contributed by atoms with van der Waals surface area (Å²) >= 11 is 0. The molecule has 1 saturated heterocycles. The number of amides is 1. The van der Waals surface area contributed by atoms with Gasteiger partial charge in [-0.1, -0.05) is 44.0 Å². The average molecular weight is 419 g/mol. The lowest BCUT2D eigenvalue weighted by molar-refractivity contribution is -0.137. The van der Waals surface area contributed by atoms with Gasteiger partial charge in [-0.25, -0.2) is 4.39 Å². The van der Waals surface area contributed by atoms with E-state index in [4.69, 9.17) is 0 Å². The van der Waals surface area contributed by atoms with Crippen molar-refractivity contribution >= 4 is 16.8 Å². The van der Waals surface area contributed by atoms with Gasteiger partial charge in [0.05, 0.1) is 0 Å². The number of H-pyrrole nitrogens is 1. The summed E-state index contributed by atoms with van der Waals surface area (Å²) in [5.41, 5.74) is 4.30. The first-order valence-electron chi connectivity index (χ1n) is 11.8. The van der Waals surface area contributed by atoms with E-state index in [1.54, 1.807) is 0 Å². The summed E-state index contributed by atoms with van der Waals surface area (Å²) in [6.07, 6.45) is 10.0. The number of aromatic nitrogens is 1. The van der Waals surface area contributed by atoms with Crippen molar-refractivity contribution in [3.8, 4) is 11.1 Å². The number of hydrogen-bond acceptors (Lipinski definition) is 1. The van der Waals surface area contributed by atoms with Gasteiger partial charge in [0, 0.05) is 36.1 Å². The predicted octanol–water partition coefficient (Wildman–Crippen LogP) is 6.65. The van der Waals surface area contributed by atoms with Crippen molar-refractivity contribution in [2.75, 3.05) is 6.54 Å². The Morgan fingerprint density at radius 2 is 1.87 bits per heavy atom. The molecule has 31 heavy (non-hydrogen) atoms. The Balaban J connectivity index is 1.41. The number of halogens is 1. The first kappa shape index (κ1) is 20.3. The minimum atomic E-state index is -0.230. The number of nitrogens with one attached hydrogen (secondary N) is 1. The average Bonchev–Trinajstić information content (AvgIpc) is 3.24. The van der Waals surface area contributed by atoms with Crippen molar-refractivity contribution in [1.82, 2.24) is 9.88 Å². The molecule has 3 aromatic rings. The Hall–Kier alpha value is -2.62. The summed E-state index contributed by atoms with van der Waals surface area (Å²) < 4.78 is 13.5. The molecule has 162 valence electrons. The van der Waals surface area contributed by atoms with Crippen LogP contribution in [0.5, 0.6) is 0 Å². The highest BCUT2D eigenvalue weighted by atomic mass is 19.1. The van der Waals surface area contributed by atoms with E-state index >= 15 is 0 Å². The Morgan fingerprint density at radius 1 is 1.10 bits per heavy atom. The zero-order chi connectivity index (χ0) is 21.4. The summed E-state index contributed by atoms with van der Waals surface area (Å²) in [6, 6.07) is 13.3. The molecule has 0 spiro atoms. The number of carbonyl (C=O) groups is 1. The standard InChI is InChI=1S/C27H31FN2O/c1-18(16-26(31)30-15-5-7-20-6-2-3-10-25(20)30)23-17-29-24-9-4-8-22(27(23)24)19-11-13-21(28)14-12-19/h4,8-9,11-14,17-18,20,25,29H,2-3,5-7,10,15-16H2,1H3. The van der Waals surface area contributed by atoms with Gasteiger partial charge >= 0.3 is 0 Å². The van der Waals surface area contributed by atoms with Gasteiger partial charge < -0.3 is 9.88 Å². The summed E-state index contributed by atoms with van der Waals surface area (Å²) in [7, 11) is 0. The summed E-state index contributed by atoms with van der Waals surface area (Å²) in [5, 5.41) is 1.14. The maximum Gasteiger partial charge on any atom is 0.223 e. The van der Waals surface area contributed by atoms with Gasteiger partial charge in [-0.2, -0.15) is 0 Å². The second kappa shape index (κ2) is 8.49. The monoisotopic (exact) mass is 418 g/mol. The van der Waals surface area contributed by atoms with Crippen molar-refractivity contribution in [2.45, 2.75) is 63.8 Å². The van der Waals surface area contributed by atoms with E-state index in [1.807, 2.05) is 18.2 Å². The van der Waals surface area contributed by atoms with Crippen molar-refractivity contribution < 1.29 is 9.18 Å². The molecule has 2 heterocycles. The molecule has 3 unspecified atom stereocenters. The first-order chi connectivity index (χ1) is 15.1. The molecule has 3 nitrogen and oxygen atoms in total. The van der Waals surface area contributed by atoms with Crippen LogP contribution >= 0.6 is 0 Å². The fraction of sp³-hybridized carbons (Fsp3) is 0.444. The molecule has 2 fully saturated rings. The van der Waals surface area contributed by atoms with Crippen LogP contribution in [0, 0.1) is 11.7 Å². The number of carbonyl (C=O) groups excluding carboxylic acids is 1. The molecule has 3 atom stereocenters. The van der Waals surface area contributed by atoms with Crippen molar-refractivity contribution in [2.24, 2.45) is 5.92 Å². The zero-order valence-electron chi connectivity index (χ0n) is 18.2. The van der Waals surface area contributed by atoms with Crippen LogP contribution in [-0.2, 0) is 4.79 Å². The van der Waals surface area contributed by atoms with Crippen LogP contribution in [0.15, 0.2) is 48.7 Å². The van der Waals surface area contributed by atoms with Crippen molar-refractivity contribution in [3.63, 3.8) is 0 Å². The van der Waals surface area contributed by atoms with E-state index in [2.05, 4.69) is 35.1 Å². The summed E-state index contributed by atoms with van der Waals surface area (Å²) in [6.45, 7) is 3.08. The van der Waals surface area contributed by atoms with Gasteiger partial charge in [0.1, 0.15) is 5.82 Å². The van der Waals surface area contributed by atoms with Crippen LogP contribution in [0.3, 0.4) is 0 Å². The molecule has 0 bridgehead atoms. The molecule has 1 aliphatic heterocycles. The number of likely N-dealkylation sites (tertiary alicyclic amines) is 1. The molecule has 0 radical (unpaired) electrons. The number of piperidine rings is 1. The third-order valence-electron chi connectivity index (χ3n) is 7.47. The molecule has 2 aliphatic rings. The van der Waals surface area contributed by atoms with E-state index in [1.165, 1.54) is 49.8 Å². The quantitative estimate of drug-likeness (QED) is 0.506. The number of rotatable bonds is 4. The van der Waals surface area contributed by atoms with E-state index in [9.17, 15) is 9.18 Å². The van der Waals surface area contributed by atoms with Crippen molar-refractivity contribution in [1.29, 1.82) is 0 Å². The summed E-state index contributed by atoms with van der Waals surface area (Å²) in [5.74, 6) is 0.899. The number of hydrogen-bond donors (Lipinski definition) is 1. The molecule has 4 heteroatoms. The van der Waals surface area contributed by atoms with E-state index in [0.717, 1.165) is 35.0 Å². The summed E-state index contributed by atoms with van der Waals surface area (Å²) in [4.78, 5) is 19.0. The highest BCUT2D eigenvalue weighted by Crippen LogP contribution is 2.38. The molecule has 1 aliphatic carbocycles. The maximum atomic E-state index is 13.5. The third-order valence-corrected chi connectivity index (χ3v) is 7.47. The topological polar surface area (TPSA) is 36.1 Å². The van der Waals surface area contributed by atoms with Crippen LogP contribution in [-0.4, -0.2) is 28.4 Å². The van der Waals surface area contributed by atoms with Gasteiger partial charge in [0.25, 0.3) is 0 Å². The van der Waals surface area contributed by atoms with Crippen LogP contribution in [0.25, 0.3) is 22.0 Å². The van der Waals surface area contributed by atoms with E-state index in [-0.39, 0.29) is 11.7 Å². The van der Waals surface area contributed by atoms with Crippen LogP contribution in [0.4, 0.5) is 4.39 Å². The minimum Gasteiger partial charge on any atom is -0.361 e. The van der Waals surface area contributed by atoms with Crippen LogP contribution in [0.1, 0.15) is 63.4 Å².